The zero-order valence-electron chi connectivity index (χ0n) is 26.6. The molecule has 4 N–H and O–H groups in total. The van der Waals surface area contributed by atoms with Gasteiger partial charge in [-0.1, -0.05) is 80.4 Å². The molecule has 8 nitrogen and oxygen atoms in total. The molecule has 8 heteroatoms. The molecule has 0 heterocycles. The molecule has 0 aliphatic heterocycles. The van der Waals surface area contributed by atoms with E-state index >= 15 is 0 Å². The van der Waals surface area contributed by atoms with E-state index in [-0.39, 0.29) is 29.8 Å². The van der Waals surface area contributed by atoms with E-state index in [2.05, 4.69) is 6.92 Å². The third-order valence-corrected chi connectivity index (χ3v) is 11.0. The Balaban J connectivity index is 2.08. The molecule has 0 aromatic rings. The number of rotatable bonds is 12. The summed E-state index contributed by atoms with van der Waals surface area (Å²) in [7, 11) is 0. The number of aliphatic hydroxyl groups excluding tert-OH is 3. The maximum Gasteiger partial charge on any atom is 0.309 e. The molecule has 1 saturated carbocycles. The van der Waals surface area contributed by atoms with Crippen LogP contribution in [0.4, 0.5) is 0 Å². The van der Waals surface area contributed by atoms with Gasteiger partial charge in [0.1, 0.15) is 17.3 Å². The van der Waals surface area contributed by atoms with Gasteiger partial charge in [0.15, 0.2) is 6.10 Å². The predicted octanol–water partition coefficient (Wildman–Crippen LogP) is 4.48. The van der Waals surface area contributed by atoms with E-state index < -0.39 is 64.8 Å². The van der Waals surface area contributed by atoms with Crippen molar-refractivity contribution in [2.45, 2.75) is 130 Å². The molecule has 0 aromatic heterocycles. The first-order valence-corrected chi connectivity index (χ1v) is 15.6. The van der Waals surface area contributed by atoms with Gasteiger partial charge in [0.25, 0.3) is 0 Å². The first kappa shape index (κ1) is 33.8. The van der Waals surface area contributed by atoms with Gasteiger partial charge in [-0.3, -0.25) is 9.59 Å². The minimum absolute atomic E-state index is 0.00429. The number of hydrogen-bond donors (Lipinski definition) is 4. The number of aliphatic hydroxyl groups is 4. The fraction of sp³-hybridized carbons (Fsp3) is 0.818. The highest BCUT2D eigenvalue weighted by molar-refractivity contribution is 5.73. The lowest BCUT2D eigenvalue weighted by molar-refractivity contribution is -0.216. The Hall–Kier alpha value is -1.74. The first-order valence-electron chi connectivity index (χ1n) is 15.6. The molecule has 0 saturated heterocycles. The fourth-order valence-corrected chi connectivity index (χ4v) is 8.02. The Morgan fingerprint density at radius 1 is 1.05 bits per heavy atom. The molecule has 0 aromatic carbocycles. The van der Waals surface area contributed by atoms with Crippen molar-refractivity contribution in [3.05, 3.63) is 23.3 Å². The van der Waals surface area contributed by atoms with Crippen molar-refractivity contribution in [1.29, 1.82) is 0 Å². The Bertz CT molecular complexity index is 1050. The van der Waals surface area contributed by atoms with Crippen LogP contribution in [0.25, 0.3) is 0 Å². The van der Waals surface area contributed by atoms with Crippen LogP contribution in [-0.4, -0.2) is 68.5 Å². The van der Waals surface area contributed by atoms with Crippen LogP contribution in [0, 0.1) is 34.5 Å². The van der Waals surface area contributed by atoms with Crippen LogP contribution >= 0.6 is 0 Å². The molecule has 0 bridgehead atoms. The number of unbranched alkanes of at least 4 members (excludes halogenated alkanes) is 2. The number of esters is 2. The Kier molecular flexibility index (Phi) is 9.96. The third kappa shape index (κ3) is 5.11. The Labute approximate surface area is 246 Å². The SMILES string of the molecule is CCCCCC(=O)O[C@@]1(CC)[C@H]([C@@H]2C=C(CO)[C@@H](O)[C@]3(O)[C@@H](OC(=O)C(C)C(C)C)C(C)=C[C@]3(CC)C2O)C1(C)C. The molecule has 2 unspecified atom stereocenters. The lowest BCUT2D eigenvalue weighted by atomic mass is 9.62. The molecule has 234 valence electrons. The van der Waals surface area contributed by atoms with E-state index in [1.807, 2.05) is 41.5 Å². The van der Waals surface area contributed by atoms with Gasteiger partial charge in [0, 0.05) is 23.7 Å². The number of ether oxygens (including phenoxy) is 2. The van der Waals surface area contributed by atoms with Crippen LogP contribution in [0.15, 0.2) is 23.3 Å². The van der Waals surface area contributed by atoms with Gasteiger partial charge >= 0.3 is 11.9 Å². The van der Waals surface area contributed by atoms with Crippen LogP contribution in [0.1, 0.15) is 101 Å². The zero-order chi connectivity index (χ0) is 31.1. The molecule has 0 spiro atoms. The standard InChI is InChI=1S/C33H54O8/c1-10-13-14-15-24(35)41-32(12-3)25(30(32,8)9)23-16-22(18-34)26(36)33(39)28(40-29(38)21(7)19(4)5)20(6)17-31(33,11-2)27(23)37/h16-17,19,21,23,25-28,34,36-37,39H,10-15,18H2,1-9H3/t21?,23-,25+,26+,27?,28-,31+,32-,33-/m0/s1. The maximum absolute atomic E-state index is 13.1. The molecule has 41 heavy (non-hydrogen) atoms. The normalized spacial score (nSPS) is 38.4. The van der Waals surface area contributed by atoms with Crippen LogP contribution in [0.5, 0.6) is 0 Å². The summed E-state index contributed by atoms with van der Waals surface area (Å²) in [6.07, 6.45) is 3.13. The minimum Gasteiger partial charge on any atom is -0.458 e. The lowest BCUT2D eigenvalue weighted by Gasteiger charge is -2.49. The van der Waals surface area contributed by atoms with Crippen molar-refractivity contribution < 1.29 is 39.5 Å². The maximum atomic E-state index is 13.1. The monoisotopic (exact) mass is 578 g/mol. The molecule has 3 aliphatic carbocycles. The molecule has 0 amide bonds. The lowest BCUT2D eigenvalue weighted by Crippen LogP contribution is -2.65. The van der Waals surface area contributed by atoms with E-state index in [9.17, 15) is 30.0 Å². The number of carbonyl (C=O) groups is 2. The molecule has 0 radical (unpaired) electrons. The van der Waals surface area contributed by atoms with Crippen molar-refractivity contribution in [2.75, 3.05) is 6.61 Å². The third-order valence-electron chi connectivity index (χ3n) is 11.0. The van der Waals surface area contributed by atoms with Crippen LogP contribution in [0.3, 0.4) is 0 Å². The van der Waals surface area contributed by atoms with Crippen molar-refractivity contribution in [3.63, 3.8) is 0 Å². The smallest absolute Gasteiger partial charge is 0.309 e. The van der Waals surface area contributed by atoms with Gasteiger partial charge in [0.2, 0.25) is 0 Å². The van der Waals surface area contributed by atoms with E-state index in [1.54, 1.807) is 26.0 Å². The minimum atomic E-state index is -2.12. The van der Waals surface area contributed by atoms with Gasteiger partial charge < -0.3 is 29.9 Å². The summed E-state index contributed by atoms with van der Waals surface area (Å²) in [5.74, 6) is -2.20. The van der Waals surface area contributed by atoms with Crippen molar-refractivity contribution in [3.8, 4) is 0 Å². The van der Waals surface area contributed by atoms with Crippen molar-refractivity contribution in [1.82, 2.24) is 0 Å². The molecule has 3 aliphatic rings. The van der Waals surface area contributed by atoms with Gasteiger partial charge in [-0.2, -0.15) is 0 Å². The van der Waals surface area contributed by atoms with E-state index in [1.165, 1.54) is 0 Å². The Morgan fingerprint density at radius 3 is 2.20 bits per heavy atom. The Morgan fingerprint density at radius 2 is 1.68 bits per heavy atom. The van der Waals surface area contributed by atoms with E-state index in [0.717, 1.165) is 19.3 Å². The molecule has 1 fully saturated rings. The second-order valence-electron chi connectivity index (χ2n) is 13.7. The highest BCUT2D eigenvalue weighted by Crippen LogP contribution is 2.71. The quantitative estimate of drug-likeness (QED) is 0.151. The zero-order valence-corrected chi connectivity index (χ0v) is 26.6. The van der Waals surface area contributed by atoms with E-state index in [0.29, 0.717) is 18.4 Å². The fourth-order valence-electron chi connectivity index (χ4n) is 8.02. The van der Waals surface area contributed by atoms with Crippen LogP contribution in [-0.2, 0) is 19.1 Å². The summed E-state index contributed by atoms with van der Waals surface area (Å²) in [5.41, 5.74) is -4.19. The summed E-state index contributed by atoms with van der Waals surface area (Å²) < 4.78 is 12.1. The van der Waals surface area contributed by atoms with Gasteiger partial charge in [-0.15, -0.1) is 0 Å². The van der Waals surface area contributed by atoms with E-state index in [4.69, 9.17) is 9.47 Å². The highest BCUT2D eigenvalue weighted by atomic mass is 16.6. The van der Waals surface area contributed by atoms with Crippen molar-refractivity contribution >= 4 is 11.9 Å². The summed E-state index contributed by atoms with van der Waals surface area (Å²) >= 11 is 0. The average Bonchev–Trinajstić information content (AvgIpc) is 3.32. The summed E-state index contributed by atoms with van der Waals surface area (Å²) in [6, 6.07) is 0. The highest BCUT2D eigenvalue weighted by Gasteiger charge is 2.78. The largest absolute Gasteiger partial charge is 0.458 e. The average molecular weight is 579 g/mol. The van der Waals surface area contributed by atoms with Crippen LogP contribution < -0.4 is 0 Å². The first-order chi connectivity index (χ1) is 19.1. The van der Waals surface area contributed by atoms with Gasteiger partial charge in [-0.25, -0.2) is 0 Å². The summed E-state index contributed by atoms with van der Waals surface area (Å²) in [5, 5.41) is 47.0. The predicted molar refractivity (Wildman–Crippen MR) is 157 cm³/mol. The number of fused-ring (bicyclic) bond motifs is 1. The van der Waals surface area contributed by atoms with Crippen LogP contribution in [0.2, 0.25) is 0 Å². The molecule has 3 rings (SSSR count). The van der Waals surface area contributed by atoms with Gasteiger partial charge in [0.05, 0.1) is 24.0 Å². The molecular weight excluding hydrogens is 524 g/mol. The number of carbonyl (C=O) groups excluding carboxylic acids is 2. The molecular formula is C33H54O8. The summed E-state index contributed by atoms with van der Waals surface area (Å²) in [6.45, 7) is 16.6. The second-order valence-corrected chi connectivity index (χ2v) is 13.7. The molecule has 9 atom stereocenters. The topological polar surface area (TPSA) is 134 Å². The number of hydrogen-bond acceptors (Lipinski definition) is 8. The van der Waals surface area contributed by atoms with Crippen molar-refractivity contribution in [2.24, 2.45) is 34.5 Å². The second kappa shape index (κ2) is 12.1. The van der Waals surface area contributed by atoms with Gasteiger partial charge in [-0.05, 0) is 43.3 Å². The summed E-state index contributed by atoms with van der Waals surface area (Å²) in [4.78, 5) is 26.0.